The highest BCUT2D eigenvalue weighted by Crippen LogP contribution is 2.13. The van der Waals surface area contributed by atoms with Crippen LogP contribution in [-0.2, 0) is 19.6 Å². The second-order valence-electron chi connectivity index (χ2n) is 3.90. The van der Waals surface area contributed by atoms with E-state index < -0.39 is 0 Å². The maximum atomic E-state index is 8.83. The van der Waals surface area contributed by atoms with Crippen LogP contribution in [0.1, 0.15) is 18.3 Å². The summed E-state index contributed by atoms with van der Waals surface area (Å²) in [6, 6.07) is 7.71. The largest absolute Gasteiger partial charge is 0.486 e. The minimum absolute atomic E-state index is 0.166. The average Bonchev–Trinajstić information content (AvgIpc) is 2.86. The van der Waals surface area contributed by atoms with Gasteiger partial charge in [-0.25, -0.2) is 9.67 Å². The van der Waals surface area contributed by atoms with E-state index in [4.69, 9.17) is 9.84 Å². The van der Waals surface area contributed by atoms with Gasteiger partial charge in [0.15, 0.2) is 5.82 Å². The number of benzene rings is 1. The van der Waals surface area contributed by atoms with Gasteiger partial charge in [-0.05, 0) is 31.0 Å². The molecule has 0 fully saturated rings. The Bertz CT molecular complexity index is 479. The zero-order chi connectivity index (χ0) is 12.8. The molecule has 0 amide bonds. The lowest BCUT2D eigenvalue weighted by Crippen LogP contribution is -2.07. The average molecular weight is 247 g/mol. The first-order valence-corrected chi connectivity index (χ1v) is 6.02. The molecule has 0 saturated heterocycles. The van der Waals surface area contributed by atoms with Crippen molar-refractivity contribution in [2.75, 3.05) is 6.61 Å². The van der Waals surface area contributed by atoms with Gasteiger partial charge in [0.2, 0.25) is 0 Å². The van der Waals surface area contributed by atoms with Gasteiger partial charge in [0.1, 0.15) is 18.7 Å². The Labute approximate surface area is 106 Å². The summed E-state index contributed by atoms with van der Waals surface area (Å²) < 4.78 is 7.45. The third-order valence-electron chi connectivity index (χ3n) is 2.69. The van der Waals surface area contributed by atoms with Crippen LogP contribution in [0.2, 0.25) is 0 Å². The van der Waals surface area contributed by atoms with E-state index >= 15 is 0 Å². The molecule has 5 heteroatoms. The third-order valence-corrected chi connectivity index (χ3v) is 2.69. The van der Waals surface area contributed by atoms with Crippen LogP contribution in [0.25, 0.3) is 0 Å². The molecule has 0 saturated carbocycles. The van der Waals surface area contributed by atoms with Crippen molar-refractivity contribution in [3.05, 3.63) is 42.0 Å². The first-order chi connectivity index (χ1) is 8.83. The molecule has 1 N–H and O–H groups in total. The number of aryl methyl sites for hydroxylation is 1. The summed E-state index contributed by atoms with van der Waals surface area (Å²) >= 11 is 0. The molecule has 0 bridgehead atoms. The van der Waals surface area contributed by atoms with Gasteiger partial charge in [-0.1, -0.05) is 12.1 Å². The van der Waals surface area contributed by atoms with Gasteiger partial charge in [-0.3, -0.25) is 0 Å². The van der Waals surface area contributed by atoms with Crippen LogP contribution >= 0.6 is 0 Å². The highest BCUT2D eigenvalue weighted by molar-refractivity contribution is 5.27. The van der Waals surface area contributed by atoms with E-state index in [0.717, 1.165) is 23.7 Å². The Kier molecular flexibility index (Phi) is 4.30. The lowest BCUT2D eigenvalue weighted by molar-refractivity contribution is 0.286. The van der Waals surface area contributed by atoms with Gasteiger partial charge in [-0.2, -0.15) is 5.10 Å². The molecule has 1 aromatic carbocycles. The summed E-state index contributed by atoms with van der Waals surface area (Å²) in [6.07, 6.45) is 2.21. The van der Waals surface area contributed by atoms with Crippen molar-refractivity contribution in [1.82, 2.24) is 14.8 Å². The quantitative estimate of drug-likeness (QED) is 0.838. The van der Waals surface area contributed by atoms with E-state index in [1.165, 1.54) is 6.33 Å². The third kappa shape index (κ3) is 3.07. The molecule has 2 rings (SSSR count). The molecule has 5 nitrogen and oxygen atoms in total. The highest BCUT2D eigenvalue weighted by Gasteiger charge is 2.03. The molecule has 0 radical (unpaired) electrons. The number of aromatic nitrogens is 3. The maximum Gasteiger partial charge on any atom is 0.164 e. The van der Waals surface area contributed by atoms with Gasteiger partial charge in [0.05, 0.1) is 0 Å². The number of hydrogen-bond acceptors (Lipinski definition) is 4. The van der Waals surface area contributed by atoms with Crippen molar-refractivity contribution in [3.63, 3.8) is 0 Å². The van der Waals surface area contributed by atoms with E-state index in [0.29, 0.717) is 13.0 Å². The zero-order valence-corrected chi connectivity index (χ0v) is 10.4. The summed E-state index contributed by atoms with van der Waals surface area (Å²) in [5.41, 5.74) is 1.10. The van der Waals surface area contributed by atoms with Gasteiger partial charge in [0.25, 0.3) is 0 Å². The molecule has 0 spiro atoms. The second kappa shape index (κ2) is 6.16. The van der Waals surface area contributed by atoms with Crippen LogP contribution < -0.4 is 4.74 Å². The van der Waals surface area contributed by atoms with Crippen LogP contribution in [0.4, 0.5) is 0 Å². The molecule has 0 unspecified atom stereocenters. The molecule has 0 aliphatic carbocycles. The second-order valence-corrected chi connectivity index (χ2v) is 3.90. The maximum absolute atomic E-state index is 8.83. The molecule has 0 aliphatic heterocycles. The van der Waals surface area contributed by atoms with E-state index in [9.17, 15) is 0 Å². The van der Waals surface area contributed by atoms with Crippen LogP contribution in [0.3, 0.4) is 0 Å². The highest BCUT2D eigenvalue weighted by atomic mass is 16.5. The van der Waals surface area contributed by atoms with Gasteiger partial charge < -0.3 is 9.84 Å². The molecular weight excluding hydrogens is 230 g/mol. The number of aliphatic hydroxyl groups is 1. The Hall–Kier alpha value is -1.88. The molecule has 1 aromatic heterocycles. The Morgan fingerprint density at radius 3 is 2.72 bits per heavy atom. The Balaban J connectivity index is 1.94. The fourth-order valence-electron chi connectivity index (χ4n) is 1.69. The summed E-state index contributed by atoms with van der Waals surface area (Å²) in [7, 11) is 0. The SMILES string of the molecule is CCn1ncnc1COc1ccc(CCO)cc1. The molecule has 0 aliphatic rings. The molecule has 0 atom stereocenters. The van der Waals surface area contributed by atoms with Crippen molar-refractivity contribution < 1.29 is 9.84 Å². The fourth-order valence-corrected chi connectivity index (χ4v) is 1.69. The number of nitrogens with zero attached hydrogens (tertiary/aromatic N) is 3. The van der Waals surface area contributed by atoms with Gasteiger partial charge in [-0.15, -0.1) is 0 Å². The number of ether oxygens (including phenoxy) is 1. The van der Waals surface area contributed by atoms with Gasteiger partial charge in [0, 0.05) is 13.2 Å². The minimum atomic E-state index is 0.166. The Morgan fingerprint density at radius 2 is 2.06 bits per heavy atom. The van der Waals surface area contributed by atoms with E-state index in [1.807, 2.05) is 31.2 Å². The lowest BCUT2D eigenvalue weighted by atomic mass is 10.1. The lowest BCUT2D eigenvalue weighted by Gasteiger charge is -2.07. The zero-order valence-electron chi connectivity index (χ0n) is 10.4. The fraction of sp³-hybridized carbons (Fsp3) is 0.385. The summed E-state index contributed by atoms with van der Waals surface area (Å²) in [5.74, 6) is 1.61. The van der Waals surface area contributed by atoms with Crippen LogP contribution in [0.5, 0.6) is 5.75 Å². The first kappa shape index (κ1) is 12.6. The topological polar surface area (TPSA) is 60.2 Å². The van der Waals surface area contributed by atoms with E-state index in [2.05, 4.69) is 10.1 Å². The van der Waals surface area contributed by atoms with Crippen molar-refractivity contribution in [3.8, 4) is 5.75 Å². The van der Waals surface area contributed by atoms with Crippen molar-refractivity contribution in [2.45, 2.75) is 26.5 Å². The number of rotatable bonds is 6. The van der Waals surface area contributed by atoms with Crippen LogP contribution in [-0.4, -0.2) is 26.5 Å². The van der Waals surface area contributed by atoms with Crippen LogP contribution in [0, 0.1) is 0 Å². The molecular formula is C13H17N3O2. The van der Waals surface area contributed by atoms with E-state index in [-0.39, 0.29) is 6.61 Å². The van der Waals surface area contributed by atoms with E-state index in [1.54, 1.807) is 4.68 Å². The van der Waals surface area contributed by atoms with Crippen molar-refractivity contribution in [2.24, 2.45) is 0 Å². The monoisotopic (exact) mass is 247 g/mol. The summed E-state index contributed by atoms with van der Waals surface area (Å²) in [5, 5.41) is 12.9. The molecule has 96 valence electrons. The predicted octanol–water partition coefficient (Wildman–Crippen LogP) is 1.41. The minimum Gasteiger partial charge on any atom is -0.486 e. The molecule has 18 heavy (non-hydrogen) atoms. The normalized spacial score (nSPS) is 10.6. The smallest absolute Gasteiger partial charge is 0.164 e. The standard InChI is InChI=1S/C13H17N3O2/c1-2-16-13(14-10-15-16)9-18-12-5-3-11(4-6-12)7-8-17/h3-6,10,17H,2,7-9H2,1H3. The summed E-state index contributed by atoms with van der Waals surface area (Å²) in [6.45, 7) is 3.38. The van der Waals surface area contributed by atoms with Crippen molar-refractivity contribution >= 4 is 0 Å². The first-order valence-electron chi connectivity index (χ1n) is 6.02. The molecule has 2 aromatic rings. The van der Waals surface area contributed by atoms with Gasteiger partial charge >= 0.3 is 0 Å². The Morgan fingerprint density at radius 1 is 1.28 bits per heavy atom. The number of hydrogen-bond donors (Lipinski definition) is 1. The van der Waals surface area contributed by atoms with Crippen molar-refractivity contribution in [1.29, 1.82) is 0 Å². The number of aliphatic hydroxyl groups excluding tert-OH is 1. The van der Waals surface area contributed by atoms with Crippen LogP contribution in [0.15, 0.2) is 30.6 Å². The summed E-state index contributed by atoms with van der Waals surface area (Å²) in [4.78, 5) is 4.14. The molecule has 1 heterocycles. The predicted molar refractivity (Wildman–Crippen MR) is 67.3 cm³/mol.